The lowest BCUT2D eigenvalue weighted by molar-refractivity contribution is 0.117. The number of ether oxygens (including phenoxy) is 1. The molecule has 2 atom stereocenters. The lowest BCUT2D eigenvalue weighted by Gasteiger charge is -2.31. The van der Waals surface area contributed by atoms with Crippen molar-refractivity contribution in [2.45, 2.75) is 36.9 Å². The summed E-state index contributed by atoms with van der Waals surface area (Å²) < 4.78 is 7.28. The Morgan fingerprint density at radius 1 is 1.37 bits per heavy atom. The van der Waals surface area contributed by atoms with Crippen molar-refractivity contribution in [3.05, 3.63) is 51.9 Å². The van der Waals surface area contributed by atoms with Gasteiger partial charge in [-0.3, -0.25) is 19.7 Å². The number of fused-ring (bicyclic) bond motifs is 1. The summed E-state index contributed by atoms with van der Waals surface area (Å²) in [7, 11) is 0. The molecule has 1 aromatic heterocycles. The highest BCUT2D eigenvalue weighted by molar-refractivity contribution is 7.98. The number of anilines is 1. The maximum atomic E-state index is 12.6. The molecule has 0 radical (unpaired) electrons. The van der Waals surface area contributed by atoms with Crippen LogP contribution in [0.3, 0.4) is 0 Å². The highest BCUT2D eigenvalue weighted by Gasteiger charge is 2.26. The molecule has 1 fully saturated rings. The average molecular weight is 385 g/mol. The molecule has 2 aliphatic heterocycles. The van der Waals surface area contributed by atoms with Gasteiger partial charge in [0.2, 0.25) is 5.95 Å². The smallest absolute Gasteiger partial charge is 0.257 e. The molecule has 0 saturated carbocycles. The van der Waals surface area contributed by atoms with E-state index >= 15 is 0 Å². The summed E-state index contributed by atoms with van der Waals surface area (Å²) in [6.45, 7) is 3.21. The summed E-state index contributed by atoms with van der Waals surface area (Å²) in [6, 6.07) is 9.72. The van der Waals surface area contributed by atoms with Gasteiger partial charge in [0.05, 0.1) is 12.6 Å². The van der Waals surface area contributed by atoms with Gasteiger partial charge in [0, 0.05) is 23.3 Å². The van der Waals surface area contributed by atoms with Crippen molar-refractivity contribution in [3.8, 4) is 0 Å². The van der Waals surface area contributed by atoms with Crippen molar-refractivity contribution in [1.82, 2.24) is 14.9 Å². The summed E-state index contributed by atoms with van der Waals surface area (Å²) in [5.74, 6) is 1.12. The van der Waals surface area contributed by atoms with Crippen molar-refractivity contribution in [1.29, 1.82) is 0 Å². The number of hydrogen-bond donors (Lipinski definition) is 2. The lowest BCUT2D eigenvalue weighted by Crippen LogP contribution is -2.48. The normalized spacial score (nSPS) is 23.0. The van der Waals surface area contributed by atoms with Crippen LogP contribution in [0.2, 0.25) is 0 Å². The van der Waals surface area contributed by atoms with E-state index in [4.69, 9.17) is 4.74 Å². The van der Waals surface area contributed by atoms with Gasteiger partial charge < -0.3 is 10.1 Å². The topological polar surface area (TPSA) is 80.5 Å². The van der Waals surface area contributed by atoms with E-state index in [1.54, 1.807) is 22.4 Å². The number of guanidine groups is 1. The number of thioether (sulfide) groups is 1. The Kier molecular flexibility index (Phi) is 5.18. The summed E-state index contributed by atoms with van der Waals surface area (Å²) in [6.07, 6.45) is 3.96. The molecule has 1 saturated heterocycles. The van der Waals surface area contributed by atoms with Gasteiger partial charge in [-0.2, -0.15) is 0 Å². The number of hydrogen-bond acceptors (Lipinski definition) is 5. The van der Waals surface area contributed by atoms with Crippen molar-refractivity contribution in [3.63, 3.8) is 0 Å². The van der Waals surface area contributed by atoms with Crippen LogP contribution in [0.15, 0.2) is 45.0 Å². The third-order valence-electron chi connectivity index (χ3n) is 4.75. The fourth-order valence-corrected chi connectivity index (χ4v) is 3.77. The molecule has 0 spiro atoms. The van der Waals surface area contributed by atoms with Crippen LogP contribution in [0.5, 0.6) is 0 Å². The van der Waals surface area contributed by atoms with E-state index in [0.717, 1.165) is 25.0 Å². The molecule has 2 N–H and O–H groups in total. The van der Waals surface area contributed by atoms with Crippen LogP contribution in [0.1, 0.15) is 30.3 Å². The zero-order chi connectivity index (χ0) is 18.8. The van der Waals surface area contributed by atoms with Crippen molar-refractivity contribution >= 4 is 23.7 Å². The summed E-state index contributed by atoms with van der Waals surface area (Å²) in [5, 5.41) is 6.50. The fraction of sp³-hybridized carbons (Fsp3) is 0.421. The van der Waals surface area contributed by atoms with Crippen LogP contribution in [-0.4, -0.2) is 41.0 Å². The first kappa shape index (κ1) is 18.1. The number of aryl methyl sites for hydroxylation is 1. The van der Waals surface area contributed by atoms with Gasteiger partial charge in [-0.25, -0.2) is 4.98 Å². The highest BCUT2D eigenvalue weighted by atomic mass is 32.2. The van der Waals surface area contributed by atoms with Crippen LogP contribution >= 0.6 is 11.8 Å². The maximum absolute atomic E-state index is 12.6. The average Bonchev–Trinajstić information content (AvgIpc) is 3.19. The number of aromatic nitrogens is 2. The summed E-state index contributed by atoms with van der Waals surface area (Å²) >= 11 is 1.69. The van der Waals surface area contributed by atoms with E-state index in [1.807, 2.05) is 25.3 Å². The number of nitrogens with one attached hydrogen (secondary N) is 2. The first-order valence-electron chi connectivity index (χ1n) is 9.08. The van der Waals surface area contributed by atoms with Gasteiger partial charge in [0.15, 0.2) is 5.96 Å². The number of benzene rings is 1. The molecule has 3 heterocycles. The Morgan fingerprint density at radius 2 is 2.19 bits per heavy atom. The third-order valence-corrected chi connectivity index (χ3v) is 5.49. The van der Waals surface area contributed by atoms with Crippen LogP contribution in [0.4, 0.5) is 5.95 Å². The fourth-order valence-electron chi connectivity index (χ4n) is 3.36. The SMILES string of the molecule is CSc1ccc(C2NC(=NCC3CCCO3)Nc3nc(C)cc(=O)n32)cc1. The Morgan fingerprint density at radius 3 is 2.89 bits per heavy atom. The molecule has 2 aliphatic rings. The van der Waals surface area contributed by atoms with Gasteiger partial charge in [0.1, 0.15) is 6.17 Å². The van der Waals surface area contributed by atoms with E-state index in [2.05, 4.69) is 32.7 Å². The van der Waals surface area contributed by atoms with E-state index in [-0.39, 0.29) is 17.8 Å². The molecule has 7 nitrogen and oxygen atoms in total. The van der Waals surface area contributed by atoms with Crippen LogP contribution in [-0.2, 0) is 4.74 Å². The van der Waals surface area contributed by atoms with E-state index < -0.39 is 0 Å². The highest BCUT2D eigenvalue weighted by Crippen LogP contribution is 2.24. The maximum Gasteiger partial charge on any atom is 0.257 e. The predicted octanol–water partition coefficient (Wildman–Crippen LogP) is 2.37. The second-order valence-electron chi connectivity index (χ2n) is 6.70. The Hall–Kier alpha value is -2.32. The van der Waals surface area contributed by atoms with Crippen LogP contribution in [0, 0.1) is 6.92 Å². The van der Waals surface area contributed by atoms with Gasteiger partial charge in [-0.05, 0) is 43.7 Å². The molecular weight excluding hydrogens is 362 g/mol. The largest absolute Gasteiger partial charge is 0.376 e. The Labute approximate surface area is 162 Å². The van der Waals surface area contributed by atoms with Gasteiger partial charge in [-0.15, -0.1) is 11.8 Å². The van der Waals surface area contributed by atoms with Gasteiger partial charge in [-0.1, -0.05) is 12.1 Å². The molecule has 1 aromatic carbocycles. The minimum atomic E-state index is -0.360. The van der Waals surface area contributed by atoms with Crippen molar-refractivity contribution in [2.75, 3.05) is 24.7 Å². The molecule has 0 bridgehead atoms. The molecule has 27 heavy (non-hydrogen) atoms. The van der Waals surface area contributed by atoms with E-state index in [0.29, 0.717) is 24.1 Å². The van der Waals surface area contributed by atoms with Crippen molar-refractivity contribution < 1.29 is 4.74 Å². The zero-order valence-corrected chi connectivity index (χ0v) is 16.3. The monoisotopic (exact) mass is 385 g/mol. The second-order valence-corrected chi connectivity index (χ2v) is 7.58. The molecule has 8 heteroatoms. The predicted molar refractivity (Wildman–Crippen MR) is 108 cm³/mol. The van der Waals surface area contributed by atoms with E-state index in [1.165, 1.54) is 4.90 Å². The van der Waals surface area contributed by atoms with Crippen molar-refractivity contribution in [2.24, 2.45) is 4.99 Å². The first-order valence-corrected chi connectivity index (χ1v) is 10.3. The van der Waals surface area contributed by atoms with Crippen LogP contribution in [0.25, 0.3) is 0 Å². The number of aliphatic imine (C=N–C) groups is 1. The number of nitrogens with zero attached hydrogens (tertiary/aromatic N) is 3. The summed E-state index contributed by atoms with van der Waals surface area (Å²) in [5.41, 5.74) is 1.55. The van der Waals surface area contributed by atoms with Gasteiger partial charge in [0.25, 0.3) is 5.56 Å². The lowest BCUT2D eigenvalue weighted by atomic mass is 10.1. The minimum Gasteiger partial charge on any atom is -0.376 e. The molecule has 4 rings (SSSR count). The molecule has 142 valence electrons. The van der Waals surface area contributed by atoms with Crippen LogP contribution < -0.4 is 16.2 Å². The second kappa shape index (κ2) is 7.74. The molecular formula is C19H23N5O2S. The zero-order valence-electron chi connectivity index (χ0n) is 15.4. The standard InChI is InChI=1S/C19H23N5O2S/c1-12-10-16(25)24-17(13-5-7-15(27-2)8-6-13)22-18(23-19(24)21-12)20-11-14-4-3-9-26-14/h5-8,10,14,17H,3-4,9,11H2,1-2H3,(H2,20,21,22,23). The Balaban J connectivity index is 1.69. The molecule has 0 amide bonds. The number of rotatable bonds is 4. The Bertz CT molecular complexity index is 903. The third kappa shape index (κ3) is 3.86. The summed E-state index contributed by atoms with van der Waals surface area (Å²) in [4.78, 5) is 23.0. The van der Waals surface area contributed by atoms with E-state index in [9.17, 15) is 4.79 Å². The first-order chi connectivity index (χ1) is 13.1. The molecule has 2 unspecified atom stereocenters. The molecule has 2 aromatic rings. The molecule has 0 aliphatic carbocycles. The quantitative estimate of drug-likeness (QED) is 0.787. The van der Waals surface area contributed by atoms with Gasteiger partial charge >= 0.3 is 0 Å². The minimum absolute atomic E-state index is 0.102.